The minimum Gasteiger partial charge on any atom is -0.854 e. The average molecular weight is 1590 g/mol. The Balaban J connectivity index is -0.000000511. The van der Waals surface area contributed by atoms with Gasteiger partial charge in [0.2, 0.25) is 0 Å². The van der Waals surface area contributed by atoms with E-state index in [4.69, 9.17) is 24.5 Å². The molecule has 0 atom stereocenters. The van der Waals surface area contributed by atoms with Gasteiger partial charge in [0.1, 0.15) is 0 Å². The second-order valence-corrected chi connectivity index (χ2v) is 45.9. The molecule has 0 aliphatic rings. The molecular formula is C72H148O4P2S8Zn3. The summed E-state index contributed by atoms with van der Waals surface area (Å²) >= 11 is 17.6. The number of rotatable bonds is 72. The molecule has 524 valence electrons. The van der Waals surface area contributed by atoms with Gasteiger partial charge in [0.15, 0.2) is 0 Å². The Kier molecular flexibility index (Phi) is 101. The van der Waals surface area contributed by atoms with Gasteiger partial charge in [-0.05, 0) is 71.7 Å². The van der Waals surface area contributed by atoms with Gasteiger partial charge >= 0.3 is 58.4 Å². The molecule has 0 aromatic rings. The molecule has 4 nitrogen and oxygen atoms in total. The first kappa shape index (κ1) is 103. The summed E-state index contributed by atoms with van der Waals surface area (Å²) in [4.78, 5) is 48.7. The van der Waals surface area contributed by atoms with Crippen molar-refractivity contribution in [3.63, 3.8) is 0 Å². The van der Waals surface area contributed by atoms with E-state index in [0.29, 0.717) is 0 Å². The maximum Gasteiger partial charge on any atom is 2.00 e. The van der Waals surface area contributed by atoms with Crippen LogP contribution in [0.2, 0.25) is 0 Å². The predicted molar refractivity (Wildman–Crippen MR) is 413 cm³/mol. The largest absolute Gasteiger partial charge is 2.00 e. The van der Waals surface area contributed by atoms with Crippen LogP contribution in [0, 0.1) is 0 Å². The second-order valence-electron chi connectivity index (χ2n) is 25.5. The molecule has 0 heterocycles. The molecule has 0 unspecified atom stereocenters. The topological polar surface area (TPSA) is 92.2 Å². The monoisotopic (exact) mass is 1590 g/mol. The number of hydrogen-bond donors (Lipinski definition) is 0. The Morgan fingerprint density at radius 1 is 0.202 bits per heavy atom. The van der Waals surface area contributed by atoms with Crippen LogP contribution < -0.4 is 19.6 Å². The van der Waals surface area contributed by atoms with E-state index in [1.165, 1.54) is 383 Å². The third kappa shape index (κ3) is 89.4. The van der Waals surface area contributed by atoms with Crippen molar-refractivity contribution in [3.8, 4) is 0 Å². The van der Waals surface area contributed by atoms with Crippen molar-refractivity contribution >= 4 is 103 Å². The first-order chi connectivity index (χ1) is 42.0. The van der Waals surface area contributed by atoms with E-state index in [-0.39, 0.29) is 58.4 Å². The summed E-state index contributed by atoms with van der Waals surface area (Å²) in [6.07, 6.45) is 78.1. The van der Waals surface area contributed by atoms with Gasteiger partial charge in [-0.2, -0.15) is 47.0 Å². The van der Waals surface area contributed by atoms with Gasteiger partial charge in [-0.3, -0.25) is 0 Å². The van der Waals surface area contributed by atoms with Crippen LogP contribution in [-0.2, 0) is 103 Å². The van der Waals surface area contributed by atoms with Crippen LogP contribution in [0.1, 0.15) is 387 Å². The standard InChI is InChI=1S/2C36H74O2PS4.3Zn/c2*1-3-5-7-9-11-13-15-17-19-21-23-25-27-29-31-41-33-35-43(39(37,38)40)36-34-42-32-30-28-26-24-22-20-18-16-14-12-10-8-6-4-2;;;/h2*3-36H2,1-2H3;;;/q2*-3;3*+2. The molecule has 0 saturated heterocycles. The summed E-state index contributed by atoms with van der Waals surface area (Å²) < 4.78 is 0. The van der Waals surface area contributed by atoms with Gasteiger partial charge in [-0.1, -0.05) is 362 Å². The molecule has 17 heteroatoms. The molecule has 0 amide bonds. The molecular weight excluding hydrogens is 1440 g/mol. The molecule has 0 aliphatic carbocycles. The number of thioether (sulfide) groups is 4. The molecule has 0 radical (unpaired) electrons. The third-order valence-corrected chi connectivity index (χ3v) is 36.1. The Morgan fingerprint density at radius 3 is 0.427 bits per heavy atom. The van der Waals surface area contributed by atoms with E-state index >= 15 is 0 Å². The van der Waals surface area contributed by atoms with E-state index in [9.17, 15) is 19.6 Å². The van der Waals surface area contributed by atoms with Gasteiger partial charge in [-0.15, -0.1) is 0 Å². The zero-order valence-corrected chi connectivity index (χ0v) is 77.2. The normalized spacial score (nSPS) is 11.7. The van der Waals surface area contributed by atoms with E-state index in [0.717, 1.165) is 46.0 Å². The zero-order valence-electron chi connectivity index (χ0n) is 60.0. The minimum absolute atomic E-state index is 0. The minimum atomic E-state index is -3.62. The van der Waals surface area contributed by atoms with E-state index in [1.54, 1.807) is 0 Å². The van der Waals surface area contributed by atoms with Crippen LogP contribution in [0.4, 0.5) is 0 Å². The Labute approximate surface area is 630 Å². The molecule has 0 bridgehead atoms. The van der Waals surface area contributed by atoms with E-state index in [2.05, 4.69) is 27.7 Å². The quantitative estimate of drug-likeness (QED) is 0.0254. The number of unbranched alkanes of at least 4 members (excludes halogenated alkanes) is 52. The SMILES string of the molecule is CCCCCCCCCCCCCCCCSCCS(CCSCCCCCCCCCCCCCCCC)=P([O-])([O-])[S-].CCCCCCCCCCCCCCCCSCCS(CCSCCCCCCCCCCCCCCCC)=P([O-])([O-])[S-].[Zn+2].[Zn+2].[Zn+2]. The van der Waals surface area contributed by atoms with Crippen LogP contribution in [0.3, 0.4) is 0 Å². The van der Waals surface area contributed by atoms with E-state index < -0.39 is 31.5 Å². The second kappa shape index (κ2) is 87.6. The maximum atomic E-state index is 12.2. The maximum absolute atomic E-state index is 12.2. The molecule has 0 aromatic heterocycles. The van der Waals surface area contributed by atoms with Gasteiger partial charge in [0.05, 0.1) is 0 Å². The van der Waals surface area contributed by atoms with Crippen molar-refractivity contribution in [1.82, 2.24) is 0 Å². The molecule has 0 fully saturated rings. The van der Waals surface area contributed by atoms with Gasteiger partial charge < -0.3 is 55.5 Å². The summed E-state index contributed by atoms with van der Waals surface area (Å²) in [5.74, 6) is 11.6. The van der Waals surface area contributed by atoms with Crippen molar-refractivity contribution in [2.75, 3.05) is 69.0 Å². The fraction of sp³-hybridized carbons (Fsp3) is 1.00. The third-order valence-electron chi connectivity index (χ3n) is 17.1. The van der Waals surface area contributed by atoms with Crippen molar-refractivity contribution in [1.29, 1.82) is 0 Å². The van der Waals surface area contributed by atoms with Gasteiger partial charge in [0, 0.05) is 23.0 Å². The number of hydrogen-bond acceptors (Lipinski definition) is 10. The Bertz CT molecular complexity index is 1220. The van der Waals surface area contributed by atoms with Crippen LogP contribution >= 0.6 is 58.4 Å². The van der Waals surface area contributed by atoms with Gasteiger partial charge in [-0.25, -0.2) is 20.1 Å². The molecule has 89 heavy (non-hydrogen) atoms. The molecule has 0 aliphatic heterocycles. The summed E-state index contributed by atoms with van der Waals surface area (Å²) in [5.41, 5.74) is -7.25. The molecule has 0 spiro atoms. The van der Waals surface area contributed by atoms with Crippen molar-refractivity contribution in [3.05, 3.63) is 0 Å². The van der Waals surface area contributed by atoms with Gasteiger partial charge in [0.25, 0.3) is 0 Å². The first-order valence-electron chi connectivity index (χ1n) is 37.8. The molecule has 0 rings (SSSR count). The van der Waals surface area contributed by atoms with Crippen molar-refractivity contribution < 1.29 is 78.0 Å². The van der Waals surface area contributed by atoms with E-state index in [1.807, 2.05) is 47.0 Å². The van der Waals surface area contributed by atoms with Crippen LogP contribution in [0.25, 0.3) is 0 Å². The van der Waals surface area contributed by atoms with Crippen molar-refractivity contribution in [2.24, 2.45) is 0 Å². The smallest absolute Gasteiger partial charge is 0.854 e. The Morgan fingerprint density at radius 2 is 0.315 bits per heavy atom. The van der Waals surface area contributed by atoms with Crippen LogP contribution in [-0.4, -0.2) is 69.0 Å². The Hall–Kier alpha value is 5.37. The summed E-state index contributed by atoms with van der Waals surface area (Å²) in [6, 6.07) is 0. The van der Waals surface area contributed by atoms with Crippen molar-refractivity contribution in [2.45, 2.75) is 387 Å². The first-order valence-corrected chi connectivity index (χ1v) is 52.0. The predicted octanol–water partition coefficient (Wildman–Crippen LogP) is 24.0. The molecule has 0 aromatic carbocycles. The zero-order chi connectivity index (χ0) is 63.1. The summed E-state index contributed by atoms with van der Waals surface area (Å²) in [6.45, 7) is 9.15. The molecule has 0 saturated carbocycles. The fourth-order valence-corrected chi connectivity index (χ4v) is 28.0. The van der Waals surface area contributed by atoms with Crippen LogP contribution in [0.5, 0.6) is 0 Å². The average Bonchev–Trinajstić information content (AvgIpc) is 3.50. The molecule has 0 N–H and O–H groups in total. The van der Waals surface area contributed by atoms with Crippen LogP contribution in [0.15, 0.2) is 0 Å². The summed E-state index contributed by atoms with van der Waals surface area (Å²) in [5, 5.41) is 0. The fourth-order valence-electron chi connectivity index (χ4n) is 11.3. The summed E-state index contributed by atoms with van der Waals surface area (Å²) in [7, 11) is -1.21.